The molecule has 1 spiro atoms. The van der Waals surface area contributed by atoms with Crippen LogP contribution in [0.3, 0.4) is 0 Å². The third-order valence-corrected chi connectivity index (χ3v) is 7.81. The maximum atomic E-state index is 12.8. The van der Waals surface area contributed by atoms with Crippen molar-refractivity contribution in [3.05, 3.63) is 88.9 Å². The van der Waals surface area contributed by atoms with Gasteiger partial charge in [0.25, 0.3) is 0 Å². The molecule has 3 aromatic carbocycles. The summed E-state index contributed by atoms with van der Waals surface area (Å²) in [6, 6.07) is 25.8. The van der Waals surface area contributed by atoms with Gasteiger partial charge in [-0.1, -0.05) is 46.3 Å². The molecule has 9 heteroatoms. The lowest BCUT2D eigenvalue weighted by molar-refractivity contribution is -0.134. The summed E-state index contributed by atoms with van der Waals surface area (Å²) in [4.78, 5) is 12.0. The first-order chi connectivity index (χ1) is 17.5. The molecule has 3 aromatic rings. The Kier molecular flexibility index (Phi) is 7.02. The van der Waals surface area contributed by atoms with Crippen LogP contribution in [-0.4, -0.2) is 35.4 Å². The van der Waals surface area contributed by atoms with E-state index < -0.39 is 11.0 Å². The van der Waals surface area contributed by atoms with Gasteiger partial charge in [0, 0.05) is 10.9 Å². The normalized spacial score (nSPS) is 19.2. The number of nitrogens with zero attached hydrogens (tertiary/aromatic N) is 4. The zero-order valence-corrected chi connectivity index (χ0v) is 22.3. The van der Waals surface area contributed by atoms with Gasteiger partial charge in [-0.15, -0.1) is 0 Å². The van der Waals surface area contributed by atoms with Crippen LogP contribution in [0.2, 0.25) is 0 Å². The van der Waals surface area contributed by atoms with Crippen LogP contribution >= 0.6 is 27.7 Å². The number of benzene rings is 3. The molecule has 0 aromatic heterocycles. The molecular weight excluding hydrogens is 540 g/mol. The van der Waals surface area contributed by atoms with E-state index in [0.717, 1.165) is 32.9 Å². The fourth-order valence-electron chi connectivity index (χ4n) is 4.24. The number of hydrogen-bond acceptors (Lipinski definition) is 8. The second-order valence-corrected chi connectivity index (χ2v) is 10.3. The summed E-state index contributed by atoms with van der Waals surface area (Å²) >= 11 is 4.89. The Morgan fingerprint density at radius 1 is 0.972 bits per heavy atom. The Balaban J connectivity index is 1.64. The van der Waals surface area contributed by atoms with Crippen LogP contribution in [0.1, 0.15) is 25.3 Å². The molecule has 2 aliphatic rings. The largest absolute Gasteiger partial charge is 0.497 e. The van der Waals surface area contributed by atoms with Crippen molar-refractivity contribution in [1.82, 2.24) is 0 Å². The van der Waals surface area contributed by atoms with E-state index >= 15 is 0 Å². The van der Waals surface area contributed by atoms with Crippen molar-refractivity contribution in [2.24, 2.45) is 10.2 Å². The van der Waals surface area contributed by atoms with Crippen LogP contribution in [0.15, 0.2) is 93.5 Å². The van der Waals surface area contributed by atoms with E-state index in [-0.39, 0.29) is 6.61 Å². The predicted molar refractivity (Wildman–Crippen MR) is 149 cm³/mol. The monoisotopic (exact) mass is 564 g/mol. The molecule has 0 aliphatic carbocycles. The predicted octanol–water partition coefficient (Wildman–Crippen LogP) is 6.25. The summed E-state index contributed by atoms with van der Waals surface area (Å²) in [6.07, 6.45) is 1.37. The van der Waals surface area contributed by atoms with Gasteiger partial charge in [-0.2, -0.15) is 10.2 Å². The third kappa shape index (κ3) is 4.60. The molecular formula is C27H25BrN4O3S. The third-order valence-electron chi connectivity index (χ3n) is 5.97. The first-order valence-corrected chi connectivity index (χ1v) is 13.2. The van der Waals surface area contributed by atoms with Gasteiger partial charge in [0.05, 0.1) is 30.8 Å². The van der Waals surface area contributed by atoms with Gasteiger partial charge in [-0.25, -0.2) is 14.8 Å². The van der Waals surface area contributed by atoms with Gasteiger partial charge in [0.2, 0.25) is 10.0 Å². The highest BCUT2D eigenvalue weighted by Gasteiger charge is 2.53. The number of methoxy groups -OCH3 is 1. The Morgan fingerprint density at radius 3 is 2.31 bits per heavy atom. The SMILES string of the molecule is CCOC(=O)C1=NN(c2ccc(OC)cc2)C2(CCC(c3ccc(Br)cc3)=NN2c2ccccc2)S1. The topological polar surface area (TPSA) is 66.7 Å². The number of carbonyl (C=O) groups excluding carboxylic acids is 1. The zero-order chi connectivity index (χ0) is 25.1. The summed E-state index contributed by atoms with van der Waals surface area (Å²) in [6.45, 7) is 2.07. The van der Waals surface area contributed by atoms with Crippen molar-refractivity contribution in [2.75, 3.05) is 23.7 Å². The summed E-state index contributed by atoms with van der Waals surface area (Å²) in [5, 5.41) is 14.1. The van der Waals surface area contributed by atoms with E-state index in [1.807, 2.05) is 76.7 Å². The molecule has 0 radical (unpaired) electrons. The number of hydrogen-bond donors (Lipinski definition) is 0. The molecule has 7 nitrogen and oxygen atoms in total. The molecule has 0 amide bonds. The summed E-state index contributed by atoms with van der Waals surface area (Å²) in [7, 11) is 1.63. The van der Waals surface area contributed by atoms with E-state index in [2.05, 4.69) is 28.1 Å². The van der Waals surface area contributed by atoms with Crippen molar-refractivity contribution in [3.63, 3.8) is 0 Å². The molecule has 0 saturated carbocycles. The Hall–Kier alpha value is -3.30. The van der Waals surface area contributed by atoms with Crippen LogP contribution in [-0.2, 0) is 9.53 Å². The Bertz CT molecular complexity index is 1300. The molecule has 0 saturated heterocycles. The second kappa shape index (κ2) is 10.4. The van der Waals surface area contributed by atoms with Crippen molar-refractivity contribution in [3.8, 4) is 5.75 Å². The van der Waals surface area contributed by atoms with Crippen LogP contribution in [0, 0.1) is 0 Å². The quantitative estimate of drug-likeness (QED) is 0.330. The number of halogens is 1. The summed E-state index contributed by atoms with van der Waals surface area (Å²) in [5.41, 5.74) is 3.75. The van der Waals surface area contributed by atoms with Gasteiger partial charge in [-0.3, -0.25) is 0 Å². The number of ether oxygens (including phenoxy) is 2. The van der Waals surface area contributed by atoms with E-state index in [0.29, 0.717) is 17.9 Å². The summed E-state index contributed by atoms with van der Waals surface area (Å²) in [5.74, 6) is 0.307. The van der Waals surface area contributed by atoms with Crippen molar-refractivity contribution < 1.29 is 14.3 Å². The number of hydrazone groups is 2. The molecule has 184 valence electrons. The molecule has 5 rings (SSSR count). The average molecular weight is 565 g/mol. The molecule has 0 N–H and O–H groups in total. The number of rotatable bonds is 6. The fraction of sp³-hybridized carbons (Fsp3) is 0.222. The Labute approximate surface area is 222 Å². The molecule has 0 fully saturated rings. The maximum absolute atomic E-state index is 12.8. The number of para-hydroxylation sites is 1. The average Bonchev–Trinajstić information content (AvgIpc) is 3.30. The van der Waals surface area contributed by atoms with E-state index in [4.69, 9.17) is 19.7 Å². The minimum absolute atomic E-state index is 0.280. The minimum atomic E-state index is -0.795. The van der Waals surface area contributed by atoms with Gasteiger partial charge >= 0.3 is 5.97 Å². The van der Waals surface area contributed by atoms with Crippen molar-refractivity contribution >= 4 is 55.8 Å². The van der Waals surface area contributed by atoms with E-state index in [1.54, 1.807) is 14.0 Å². The molecule has 1 atom stereocenters. The highest BCUT2D eigenvalue weighted by atomic mass is 79.9. The lowest BCUT2D eigenvalue weighted by Crippen LogP contribution is -2.56. The van der Waals surface area contributed by atoms with E-state index in [1.165, 1.54) is 11.8 Å². The zero-order valence-electron chi connectivity index (χ0n) is 19.9. The van der Waals surface area contributed by atoms with Gasteiger partial charge < -0.3 is 9.47 Å². The minimum Gasteiger partial charge on any atom is -0.497 e. The highest BCUT2D eigenvalue weighted by Crippen LogP contribution is 2.50. The smallest absolute Gasteiger partial charge is 0.365 e. The summed E-state index contributed by atoms with van der Waals surface area (Å²) < 4.78 is 11.7. The van der Waals surface area contributed by atoms with E-state index in [9.17, 15) is 4.79 Å². The maximum Gasteiger partial charge on any atom is 0.365 e. The number of thioether (sulfide) groups is 1. The molecule has 1 unspecified atom stereocenters. The molecule has 2 heterocycles. The van der Waals surface area contributed by atoms with Crippen LogP contribution in [0.4, 0.5) is 11.4 Å². The number of anilines is 2. The lowest BCUT2D eigenvalue weighted by Gasteiger charge is -2.46. The fourth-order valence-corrected chi connectivity index (χ4v) is 5.75. The van der Waals surface area contributed by atoms with Crippen LogP contribution in [0.25, 0.3) is 0 Å². The van der Waals surface area contributed by atoms with Gasteiger partial charge in [0.15, 0.2) is 0 Å². The van der Waals surface area contributed by atoms with Gasteiger partial charge in [0.1, 0.15) is 5.75 Å². The number of esters is 1. The van der Waals surface area contributed by atoms with Crippen molar-refractivity contribution in [1.29, 1.82) is 0 Å². The van der Waals surface area contributed by atoms with Gasteiger partial charge in [-0.05, 0) is 79.2 Å². The van der Waals surface area contributed by atoms with Crippen LogP contribution in [0.5, 0.6) is 5.75 Å². The van der Waals surface area contributed by atoms with Crippen molar-refractivity contribution in [2.45, 2.75) is 24.8 Å². The van der Waals surface area contributed by atoms with Crippen LogP contribution < -0.4 is 14.8 Å². The number of carbonyl (C=O) groups is 1. The highest BCUT2D eigenvalue weighted by molar-refractivity contribution is 9.10. The second-order valence-electron chi connectivity index (χ2n) is 8.18. The molecule has 2 aliphatic heterocycles. The molecule has 0 bridgehead atoms. The lowest BCUT2D eigenvalue weighted by atomic mass is 10.0. The first kappa shape index (κ1) is 24.4. The molecule has 36 heavy (non-hydrogen) atoms. The standard InChI is InChI=1S/C27H25BrN4O3S/c1-3-35-26(33)25-30-32(22-13-15-23(34-2)16-14-22)27(36-25)18-17-24(19-9-11-20(28)12-10-19)29-31(27)21-7-5-4-6-8-21/h4-16H,3,17-18H2,1-2H3. The first-order valence-electron chi connectivity index (χ1n) is 11.6. The Morgan fingerprint density at radius 2 is 1.64 bits per heavy atom.